The Bertz CT molecular complexity index is 396. The van der Waals surface area contributed by atoms with Crippen molar-refractivity contribution in [3.8, 4) is 0 Å². The van der Waals surface area contributed by atoms with Crippen molar-refractivity contribution in [3.63, 3.8) is 0 Å². The quantitative estimate of drug-likeness (QED) is 0.847. The van der Waals surface area contributed by atoms with Gasteiger partial charge in [-0.1, -0.05) is 11.6 Å². The van der Waals surface area contributed by atoms with E-state index in [0.717, 1.165) is 11.6 Å². The molecule has 1 rings (SSSR count). The van der Waals surface area contributed by atoms with Crippen molar-refractivity contribution in [1.29, 1.82) is 0 Å². The van der Waals surface area contributed by atoms with E-state index in [1.54, 1.807) is 6.08 Å². The second-order valence-corrected chi connectivity index (χ2v) is 5.30. The van der Waals surface area contributed by atoms with Crippen LogP contribution in [-0.4, -0.2) is 12.1 Å². The molecule has 0 aromatic heterocycles. The molecule has 0 bridgehead atoms. The van der Waals surface area contributed by atoms with Gasteiger partial charge in [0, 0.05) is 18.2 Å². The van der Waals surface area contributed by atoms with Gasteiger partial charge < -0.3 is 5.32 Å². The molecular formula is C14H19F2N. The minimum absolute atomic E-state index is 0.0300. The fraction of sp³-hybridized carbons (Fsp3) is 0.429. The van der Waals surface area contributed by atoms with Gasteiger partial charge in [0.15, 0.2) is 0 Å². The van der Waals surface area contributed by atoms with E-state index < -0.39 is 11.6 Å². The Balaban J connectivity index is 2.74. The number of benzene rings is 1. The van der Waals surface area contributed by atoms with Crippen molar-refractivity contribution in [1.82, 2.24) is 5.32 Å². The molecule has 1 nitrogen and oxygen atoms in total. The lowest BCUT2D eigenvalue weighted by Gasteiger charge is -2.20. The summed E-state index contributed by atoms with van der Waals surface area (Å²) in [7, 11) is 0. The molecule has 0 atom stereocenters. The van der Waals surface area contributed by atoms with Crippen LogP contribution in [0.2, 0.25) is 0 Å². The zero-order valence-corrected chi connectivity index (χ0v) is 10.8. The third-order valence-electron chi connectivity index (χ3n) is 2.20. The molecule has 94 valence electrons. The average molecular weight is 239 g/mol. The first-order valence-corrected chi connectivity index (χ1v) is 5.64. The largest absolute Gasteiger partial charge is 0.308 e. The minimum atomic E-state index is -0.548. The summed E-state index contributed by atoms with van der Waals surface area (Å²) in [5.74, 6) is -1.10. The highest BCUT2D eigenvalue weighted by Crippen LogP contribution is 2.12. The highest BCUT2D eigenvalue weighted by atomic mass is 19.1. The van der Waals surface area contributed by atoms with E-state index in [2.05, 4.69) is 26.1 Å². The Morgan fingerprint density at radius 1 is 1.18 bits per heavy atom. The van der Waals surface area contributed by atoms with E-state index in [1.807, 2.05) is 6.92 Å². The number of halogens is 2. The summed E-state index contributed by atoms with van der Waals surface area (Å²) in [6.45, 7) is 8.84. The van der Waals surface area contributed by atoms with Gasteiger partial charge in [-0.3, -0.25) is 0 Å². The Labute approximate surface area is 102 Å². The lowest BCUT2D eigenvalue weighted by atomic mass is 10.1. The second kappa shape index (κ2) is 5.41. The summed E-state index contributed by atoms with van der Waals surface area (Å²) in [6.07, 6.45) is 1.78. The van der Waals surface area contributed by atoms with Gasteiger partial charge in [-0.15, -0.1) is 0 Å². The van der Waals surface area contributed by atoms with Gasteiger partial charge in [0.25, 0.3) is 0 Å². The van der Waals surface area contributed by atoms with Crippen molar-refractivity contribution in [2.75, 3.05) is 6.54 Å². The molecule has 0 heterocycles. The van der Waals surface area contributed by atoms with Gasteiger partial charge in [-0.2, -0.15) is 0 Å². The Morgan fingerprint density at radius 3 is 2.18 bits per heavy atom. The molecule has 1 N–H and O–H groups in total. The van der Waals surface area contributed by atoms with Crippen LogP contribution in [0.3, 0.4) is 0 Å². The molecule has 0 unspecified atom stereocenters. The summed E-state index contributed by atoms with van der Waals surface area (Å²) in [4.78, 5) is 0. The molecule has 1 aromatic rings. The molecule has 1 aromatic carbocycles. The van der Waals surface area contributed by atoms with Crippen LogP contribution in [0.25, 0.3) is 6.08 Å². The van der Waals surface area contributed by atoms with Crippen LogP contribution in [-0.2, 0) is 0 Å². The number of nitrogens with one attached hydrogen (secondary N) is 1. The first-order chi connectivity index (χ1) is 7.76. The number of hydrogen-bond donors (Lipinski definition) is 1. The van der Waals surface area contributed by atoms with Crippen molar-refractivity contribution in [2.45, 2.75) is 33.2 Å². The predicted octanol–water partition coefficient (Wildman–Crippen LogP) is 3.76. The van der Waals surface area contributed by atoms with Gasteiger partial charge in [0.05, 0.1) is 0 Å². The molecule has 0 amide bonds. The van der Waals surface area contributed by atoms with Gasteiger partial charge in [0.1, 0.15) is 11.6 Å². The summed E-state index contributed by atoms with van der Waals surface area (Å²) in [5, 5.41) is 3.32. The molecule has 0 saturated heterocycles. The van der Waals surface area contributed by atoms with Crippen LogP contribution in [0.5, 0.6) is 0 Å². The average Bonchev–Trinajstić information content (AvgIpc) is 2.11. The molecule has 0 fully saturated rings. The van der Waals surface area contributed by atoms with Crippen LogP contribution in [0, 0.1) is 11.6 Å². The monoisotopic (exact) mass is 239 g/mol. The van der Waals surface area contributed by atoms with Crippen molar-refractivity contribution in [2.24, 2.45) is 0 Å². The Kier molecular flexibility index (Phi) is 4.40. The molecule has 0 radical (unpaired) electrons. The molecule has 0 saturated carbocycles. The summed E-state index contributed by atoms with van der Waals surface area (Å²) in [5.41, 5.74) is 1.61. The first kappa shape index (κ1) is 13.8. The van der Waals surface area contributed by atoms with Gasteiger partial charge in [0.2, 0.25) is 0 Å². The van der Waals surface area contributed by atoms with E-state index >= 15 is 0 Å². The van der Waals surface area contributed by atoms with Gasteiger partial charge in [-0.05, 0) is 45.4 Å². The van der Waals surface area contributed by atoms with Crippen LogP contribution in [0.15, 0.2) is 23.8 Å². The van der Waals surface area contributed by atoms with Crippen molar-refractivity contribution in [3.05, 3.63) is 41.0 Å². The Hall–Kier alpha value is -1.22. The highest BCUT2D eigenvalue weighted by molar-refractivity contribution is 5.52. The second-order valence-electron chi connectivity index (χ2n) is 5.30. The lowest BCUT2D eigenvalue weighted by Crippen LogP contribution is -2.36. The summed E-state index contributed by atoms with van der Waals surface area (Å²) < 4.78 is 25.9. The minimum Gasteiger partial charge on any atom is -0.308 e. The molecule has 3 heteroatoms. The smallest absolute Gasteiger partial charge is 0.126 e. The molecular weight excluding hydrogens is 220 g/mol. The van der Waals surface area contributed by atoms with Crippen LogP contribution >= 0.6 is 0 Å². The highest BCUT2D eigenvalue weighted by Gasteiger charge is 2.08. The molecule has 0 spiro atoms. The van der Waals surface area contributed by atoms with Crippen LogP contribution < -0.4 is 5.32 Å². The first-order valence-electron chi connectivity index (χ1n) is 5.64. The molecule has 0 aliphatic carbocycles. The molecule has 0 aliphatic rings. The van der Waals surface area contributed by atoms with Crippen LogP contribution in [0.1, 0.15) is 33.3 Å². The topological polar surface area (TPSA) is 12.0 Å². The zero-order valence-electron chi connectivity index (χ0n) is 10.8. The third-order valence-corrected chi connectivity index (χ3v) is 2.20. The van der Waals surface area contributed by atoms with Gasteiger partial charge in [-0.25, -0.2) is 8.78 Å². The zero-order chi connectivity index (χ0) is 13.1. The maximum Gasteiger partial charge on any atom is 0.126 e. The van der Waals surface area contributed by atoms with E-state index in [1.165, 1.54) is 12.1 Å². The fourth-order valence-electron chi connectivity index (χ4n) is 1.40. The van der Waals surface area contributed by atoms with Crippen molar-refractivity contribution < 1.29 is 8.78 Å². The van der Waals surface area contributed by atoms with E-state index in [0.29, 0.717) is 12.1 Å². The van der Waals surface area contributed by atoms with E-state index in [9.17, 15) is 8.78 Å². The maximum absolute atomic E-state index is 13.0. The Morgan fingerprint density at radius 2 is 1.71 bits per heavy atom. The van der Waals surface area contributed by atoms with E-state index in [4.69, 9.17) is 0 Å². The maximum atomic E-state index is 13.0. The standard InChI is InChI=1S/C14H19F2N/c1-10(9-17-14(2,3)4)5-11-6-12(15)8-13(16)7-11/h5-8,17H,9H2,1-4H3/b10-5-. The van der Waals surface area contributed by atoms with Crippen LogP contribution in [0.4, 0.5) is 8.78 Å². The fourth-order valence-corrected chi connectivity index (χ4v) is 1.40. The SMILES string of the molecule is C/C(=C/c1cc(F)cc(F)c1)CNC(C)(C)C. The van der Waals surface area contributed by atoms with Crippen molar-refractivity contribution >= 4 is 6.08 Å². The normalized spacial score (nSPS) is 12.9. The summed E-state index contributed by atoms with van der Waals surface area (Å²) >= 11 is 0. The lowest BCUT2D eigenvalue weighted by molar-refractivity contribution is 0.445. The number of rotatable bonds is 3. The van der Waals surface area contributed by atoms with Gasteiger partial charge >= 0.3 is 0 Å². The van der Waals surface area contributed by atoms with E-state index in [-0.39, 0.29) is 5.54 Å². The third kappa shape index (κ3) is 5.59. The molecule has 17 heavy (non-hydrogen) atoms. The predicted molar refractivity (Wildman–Crippen MR) is 67.8 cm³/mol. The number of hydrogen-bond acceptors (Lipinski definition) is 1. The summed E-state index contributed by atoms with van der Waals surface area (Å²) in [6, 6.07) is 3.52. The molecule has 0 aliphatic heterocycles.